The van der Waals surface area contributed by atoms with E-state index in [9.17, 15) is 0 Å². The Balaban J connectivity index is 2.34. The zero-order valence-corrected chi connectivity index (χ0v) is 23.0. The molecule has 0 aromatic rings. The molecule has 160 valence electrons. The van der Waals surface area contributed by atoms with Crippen LogP contribution in [0.15, 0.2) is 0 Å². The molecule has 2 aliphatic carbocycles. The molecule has 0 spiro atoms. The summed E-state index contributed by atoms with van der Waals surface area (Å²) >= 11 is 0. The first-order valence-corrected chi connectivity index (χ1v) is 16.3. The fourth-order valence-corrected chi connectivity index (χ4v) is 14.2. The van der Waals surface area contributed by atoms with Crippen LogP contribution in [0.5, 0.6) is 0 Å². The lowest BCUT2D eigenvalue weighted by Gasteiger charge is -2.40. The Kier molecular flexibility index (Phi) is 6.95. The molecular weight excluding hydrogens is 397 g/mol. The third-order valence-electron chi connectivity index (χ3n) is 8.76. The van der Waals surface area contributed by atoms with E-state index in [0.29, 0.717) is 28.6 Å². The summed E-state index contributed by atoms with van der Waals surface area (Å²) in [7, 11) is -0.939. The zero-order chi connectivity index (χ0) is 21.9. The van der Waals surface area contributed by atoms with Crippen LogP contribution in [0.1, 0.15) is 69.2 Å². The van der Waals surface area contributed by atoms with E-state index < -0.39 is 7.55 Å². The first-order valence-electron chi connectivity index (χ1n) is 11.0. The quantitative estimate of drug-likeness (QED) is 0.334. The molecule has 1 nitrogen and oxygen atoms in total. The molecule has 8 unspecified atom stereocenters. The minimum absolute atomic E-state index is 0.00165. The van der Waals surface area contributed by atoms with Gasteiger partial charge in [-0.25, -0.2) is 0 Å². The van der Waals surface area contributed by atoms with Crippen molar-refractivity contribution in [2.75, 3.05) is 18.5 Å². The van der Waals surface area contributed by atoms with Crippen molar-refractivity contribution in [3.63, 3.8) is 0 Å². The number of hydrogen-bond acceptors (Lipinski definition) is 1. The van der Waals surface area contributed by atoms with Crippen LogP contribution in [-0.4, -0.2) is 53.7 Å². The Morgan fingerprint density at radius 3 is 1.96 bits per heavy atom. The molecule has 0 heterocycles. The highest BCUT2D eigenvalue weighted by Gasteiger charge is 2.84. The smallest absolute Gasteiger partial charge is 0.302 e. The minimum atomic E-state index is -0.527. The van der Waals surface area contributed by atoms with Crippen molar-refractivity contribution in [3.05, 3.63) is 0 Å². The van der Waals surface area contributed by atoms with Gasteiger partial charge in [0.2, 0.25) is 5.34 Å². The van der Waals surface area contributed by atoms with E-state index in [1.54, 1.807) is 0 Å². The van der Waals surface area contributed by atoms with Crippen molar-refractivity contribution in [2.24, 2.45) is 28.6 Å². The maximum Gasteiger partial charge on any atom is 0.302 e. The van der Waals surface area contributed by atoms with E-state index >= 15 is 0 Å². The largest absolute Gasteiger partial charge is 0.328 e. The minimum Gasteiger partial charge on any atom is -0.328 e. The van der Waals surface area contributed by atoms with Crippen LogP contribution in [0.4, 0.5) is 0 Å². The van der Waals surface area contributed by atoms with E-state index in [0.717, 1.165) is 0 Å². The van der Waals surface area contributed by atoms with Crippen LogP contribution < -0.4 is 0 Å². The molecule has 2 aliphatic rings. The average molecular weight is 444 g/mol. The molecule has 28 heavy (non-hydrogen) atoms. The summed E-state index contributed by atoms with van der Waals surface area (Å²) in [6.45, 7) is 23.9. The maximum atomic E-state index is 7.28. The van der Waals surface area contributed by atoms with E-state index in [4.69, 9.17) is 11.0 Å². The van der Waals surface area contributed by atoms with Crippen molar-refractivity contribution in [1.82, 2.24) is 0 Å². The molecule has 0 bridgehead atoms. The third-order valence-corrected chi connectivity index (χ3v) is 17.1. The highest BCUT2D eigenvalue weighted by Crippen LogP contribution is 2.81. The molecule has 0 N–H and O–H groups in total. The highest BCUT2D eigenvalue weighted by molar-refractivity contribution is 7.75. The average Bonchev–Trinajstić information content (AvgIpc) is 3.04. The van der Waals surface area contributed by atoms with Crippen LogP contribution in [0, 0.1) is 28.6 Å². The zero-order valence-electron chi connectivity index (χ0n) is 20.3. The molecule has 0 radical (unpaired) electrons. The predicted octanol–water partition coefficient (Wildman–Crippen LogP) is 7.55. The van der Waals surface area contributed by atoms with Crippen molar-refractivity contribution in [2.45, 2.75) is 85.6 Å². The van der Waals surface area contributed by atoms with Crippen LogP contribution in [0.25, 0.3) is 0 Å². The predicted molar refractivity (Wildman–Crippen MR) is 139 cm³/mol. The highest BCUT2D eigenvalue weighted by atomic mass is 31.2. The van der Waals surface area contributed by atoms with Gasteiger partial charge in [-0.3, -0.25) is 0 Å². The van der Waals surface area contributed by atoms with Crippen molar-refractivity contribution in [1.29, 1.82) is 0 Å². The van der Waals surface area contributed by atoms with Crippen molar-refractivity contribution < 1.29 is 4.74 Å². The fourth-order valence-electron chi connectivity index (χ4n) is 6.09. The maximum absolute atomic E-state index is 7.28. The SMILES string of the molecule is C=[P+](CC)CC([P+](=C)CC)[P+](=C)C(C)(C)OC12C(C)C(C)(C)C(C)C1C2(C)C. The summed E-state index contributed by atoms with van der Waals surface area (Å²) in [5.41, 5.74) is 0.580. The van der Waals surface area contributed by atoms with Gasteiger partial charge < -0.3 is 4.74 Å². The number of hydrogen-bond donors (Lipinski definition) is 0. The molecule has 0 amide bonds. The lowest BCUT2D eigenvalue weighted by atomic mass is 9.68. The van der Waals surface area contributed by atoms with Gasteiger partial charge in [0.1, 0.15) is 19.9 Å². The Morgan fingerprint density at radius 1 is 1.00 bits per heavy atom. The van der Waals surface area contributed by atoms with Gasteiger partial charge in [0.25, 0.3) is 0 Å². The van der Waals surface area contributed by atoms with Crippen LogP contribution in [0.2, 0.25) is 0 Å². The van der Waals surface area contributed by atoms with E-state index in [1.165, 1.54) is 18.5 Å². The van der Waals surface area contributed by atoms with Gasteiger partial charge in [-0.2, -0.15) is 0 Å². The Labute approximate surface area is 179 Å². The van der Waals surface area contributed by atoms with E-state index in [1.807, 2.05) is 0 Å². The number of ether oxygens (including phenoxy) is 1. The Bertz CT molecular complexity index is 671. The summed E-state index contributed by atoms with van der Waals surface area (Å²) in [6, 6.07) is 0. The molecule has 0 aliphatic heterocycles. The van der Waals surface area contributed by atoms with Crippen LogP contribution in [-0.2, 0) is 4.74 Å². The second-order valence-corrected chi connectivity index (χ2v) is 18.7. The van der Waals surface area contributed by atoms with Crippen LogP contribution in [0.3, 0.4) is 0 Å². The summed E-state index contributed by atoms with van der Waals surface area (Å²) in [5.74, 6) is 1.90. The van der Waals surface area contributed by atoms with Gasteiger partial charge in [0, 0.05) is 19.3 Å². The second-order valence-electron chi connectivity index (χ2n) is 10.9. The molecule has 4 heteroatoms. The third kappa shape index (κ3) is 3.56. The first kappa shape index (κ1) is 24.7. The fraction of sp³-hybridized carbons (Fsp3) is 0.875. The Hall–Kier alpha value is 0.470. The molecule has 2 rings (SSSR count). The van der Waals surface area contributed by atoms with Gasteiger partial charge >= 0.3 is 5.40 Å². The van der Waals surface area contributed by atoms with E-state index in [2.05, 4.69) is 81.8 Å². The van der Waals surface area contributed by atoms with Crippen molar-refractivity contribution in [3.8, 4) is 0 Å². The normalized spacial score (nSPS) is 35.8. The molecule has 2 saturated carbocycles. The van der Waals surface area contributed by atoms with Gasteiger partial charge in [-0.15, -0.1) is 0 Å². The second kappa shape index (κ2) is 7.86. The molecular formula is C24H46OP3+3. The molecule has 8 atom stereocenters. The Morgan fingerprint density at radius 2 is 1.54 bits per heavy atom. The summed E-state index contributed by atoms with van der Waals surface area (Å²) in [6.07, 6.45) is 17.4. The number of fused-ring (bicyclic) bond motifs is 1. The summed E-state index contributed by atoms with van der Waals surface area (Å²) in [5, 5.41) is 0.421. The summed E-state index contributed by atoms with van der Waals surface area (Å²) < 4.78 is 7.28. The topological polar surface area (TPSA) is 9.23 Å². The molecule has 0 saturated heterocycles. The summed E-state index contributed by atoms with van der Waals surface area (Å²) in [4.78, 5) is 0. The van der Waals surface area contributed by atoms with Crippen LogP contribution >= 0.6 is 22.6 Å². The standard InChI is InChI=1S/C24H46OP3/c1-14-26(11)16-19(27(12)15-2)28(13)23(9,10)25-24-18(4)21(5,6)17(3)20(24)22(24,7)8/h17-20H,11-16H2,1-10H3/q+3. The monoisotopic (exact) mass is 443 g/mol. The lowest BCUT2D eigenvalue weighted by molar-refractivity contribution is -0.0983. The van der Waals surface area contributed by atoms with Gasteiger partial charge in [-0.05, 0) is 37.0 Å². The first-order chi connectivity index (χ1) is 12.6. The molecule has 0 aromatic carbocycles. The lowest BCUT2D eigenvalue weighted by Crippen LogP contribution is -2.42. The van der Waals surface area contributed by atoms with Gasteiger partial charge in [0.15, 0.2) is 13.7 Å². The van der Waals surface area contributed by atoms with E-state index in [-0.39, 0.29) is 31.4 Å². The molecule has 2 fully saturated rings. The van der Waals surface area contributed by atoms with Gasteiger partial charge in [0.05, 0.1) is 32.0 Å². The molecule has 0 aromatic heterocycles. The number of rotatable bonds is 9. The van der Waals surface area contributed by atoms with Gasteiger partial charge in [-0.1, -0.05) is 41.5 Å². The van der Waals surface area contributed by atoms with Crippen molar-refractivity contribution >= 4 is 41.5 Å².